The van der Waals surface area contributed by atoms with Gasteiger partial charge < -0.3 is 24.8 Å². The molecule has 2 aromatic heterocycles. The average Bonchev–Trinajstić information content (AvgIpc) is 3.34. The van der Waals surface area contributed by atoms with E-state index in [4.69, 9.17) is 14.2 Å². The quantitative estimate of drug-likeness (QED) is 0.287. The van der Waals surface area contributed by atoms with Gasteiger partial charge in [0.2, 0.25) is 0 Å². The number of nitrogens with one attached hydrogen (secondary N) is 2. The number of benzene rings is 2. The molecule has 2 aromatic carbocycles. The highest BCUT2D eigenvalue weighted by atomic mass is 79.9. The average molecular weight is 626 g/mol. The first-order valence-electron chi connectivity index (χ1n) is 12.5. The second kappa shape index (κ2) is 11.0. The van der Waals surface area contributed by atoms with Gasteiger partial charge in [-0.3, -0.25) is 9.69 Å². The first-order valence-corrected chi connectivity index (χ1v) is 14.1. The van der Waals surface area contributed by atoms with Crippen LogP contribution in [0.25, 0.3) is 10.2 Å². The van der Waals surface area contributed by atoms with E-state index in [2.05, 4.69) is 41.4 Å². The van der Waals surface area contributed by atoms with Crippen molar-refractivity contribution in [2.24, 2.45) is 0 Å². The Morgan fingerprint density at radius 3 is 2.67 bits per heavy atom. The van der Waals surface area contributed by atoms with Gasteiger partial charge >= 0.3 is 6.03 Å². The molecule has 0 atom stereocenters. The molecule has 3 amide bonds. The number of hydrogen-bond donors (Lipinski definition) is 2. The van der Waals surface area contributed by atoms with Crippen LogP contribution >= 0.6 is 27.3 Å². The van der Waals surface area contributed by atoms with E-state index >= 15 is 0 Å². The molecule has 0 radical (unpaired) electrons. The van der Waals surface area contributed by atoms with E-state index in [0.717, 1.165) is 25.2 Å². The Bertz CT molecular complexity index is 1620. The number of morpholine rings is 1. The lowest BCUT2D eigenvalue weighted by Gasteiger charge is -2.27. The number of halogens is 1. The van der Waals surface area contributed by atoms with Crippen molar-refractivity contribution in [3.8, 4) is 11.5 Å². The summed E-state index contributed by atoms with van der Waals surface area (Å²) in [7, 11) is 3.18. The number of carbonyl (C=O) groups excluding carboxylic acids is 2. The standard InChI is InChI=1S/C27H25BrN6O5S/c1-37-19-6-5-17(12-18(19)28)34-24-21-22(32-27(34)36)23(40-26(21)30-14-29-24)25(35)31-16-4-3-15(20(11-16)38-2)13-33-7-9-39-10-8-33/h3-6,11-12,14H,7-10,13H2,1-2H3,(H,31,35)(H,32,36). The summed E-state index contributed by atoms with van der Waals surface area (Å²) < 4.78 is 17.1. The van der Waals surface area contributed by atoms with Gasteiger partial charge in [-0.05, 0) is 40.2 Å². The summed E-state index contributed by atoms with van der Waals surface area (Å²) in [6.07, 6.45) is 1.39. The third kappa shape index (κ3) is 4.85. The van der Waals surface area contributed by atoms with Gasteiger partial charge in [-0.1, -0.05) is 6.07 Å². The molecular weight excluding hydrogens is 600 g/mol. The maximum atomic E-state index is 13.5. The van der Waals surface area contributed by atoms with Crippen molar-refractivity contribution in [1.29, 1.82) is 0 Å². The van der Waals surface area contributed by atoms with Crippen LogP contribution in [-0.2, 0) is 11.3 Å². The van der Waals surface area contributed by atoms with E-state index < -0.39 is 6.03 Å². The SMILES string of the molecule is COc1ccc(N2C(=O)Nc3c(C(=O)Nc4ccc(CN5CCOCC5)c(OC)c4)sc4ncnc2c34)cc1Br. The van der Waals surface area contributed by atoms with Crippen LogP contribution in [0.15, 0.2) is 47.2 Å². The number of ether oxygens (including phenoxy) is 3. The predicted octanol–water partition coefficient (Wildman–Crippen LogP) is 5.24. The highest BCUT2D eigenvalue weighted by molar-refractivity contribution is 9.10. The highest BCUT2D eigenvalue weighted by Gasteiger charge is 2.34. The van der Waals surface area contributed by atoms with Crippen LogP contribution in [-0.4, -0.2) is 67.3 Å². The van der Waals surface area contributed by atoms with Crippen molar-refractivity contribution in [2.45, 2.75) is 6.54 Å². The smallest absolute Gasteiger partial charge is 0.332 e. The molecule has 0 bridgehead atoms. The molecule has 4 heterocycles. The van der Waals surface area contributed by atoms with E-state index in [1.807, 2.05) is 12.1 Å². The zero-order chi connectivity index (χ0) is 27.8. The monoisotopic (exact) mass is 624 g/mol. The molecule has 206 valence electrons. The summed E-state index contributed by atoms with van der Waals surface area (Å²) in [5, 5.41) is 6.43. The topological polar surface area (TPSA) is 118 Å². The Hall–Kier alpha value is -3.78. The predicted molar refractivity (Wildman–Crippen MR) is 156 cm³/mol. The van der Waals surface area contributed by atoms with Crippen LogP contribution < -0.4 is 25.0 Å². The largest absolute Gasteiger partial charge is 0.496 e. The highest BCUT2D eigenvalue weighted by Crippen LogP contribution is 2.45. The minimum Gasteiger partial charge on any atom is -0.496 e. The summed E-state index contributed by atoms with van der Waals surface area (Å²) in [4.78, 5) is 40.3. The zero-order valence-corrected chi connectivity index (χ0v) is 24.1. The molecular formula is C27H25BrN6O5S. The number of aromatic nitrogens is 2. The van der Waals surface area contributed by atoms with E-state index in [1.165, 1.54) is 22.6 Å². The second-order valence-corrected chi connectivity index (χ2v) is 11.0. The number of urea groups is 1. The van der Waals surface area contributed by atoms with Crippen molar-refractivity contribution in [1.82, 2.24) is 14.9 Å². The van der Waals surface area contributed by atoms with Gasteiger partial charge in [-0.15, -0.1) is 11.3 Å². The third-order valence-electron chi connectivity index (χ3n) is 6.76. The van der Waals surface area contributed by atoms with Gasteiger partial charge in [0.15, 0.2) is 5.82 Å². The molecule has 11 nitrogen and oxygen atoms in total. The zero-order valence-electron chi connectivity index (χ0n) is 21.7. The first kappa shape index (κ1) is 26.4. The summed E-state index contributed by atoms with van der Waals surface area (Å²) >= 11 is 4.66. The maximum Gasteiger partial charge on any atom is 0.332 e. The number of thiophene rings is 1. The van der Waals surface area contributed by atoms with Crippen LogP contribution in [0.1, 0.15) is 15.2 Å². The molecule has 0 spiro atoms. The molecule has 1 fully saturated rings. The van der Waals surface area contributed by atoms with Crippen LogP contribution in [0.2, 0.25) is 0 Å². The summed E-state index contributed by atoms with van der Waals surface area (Å²) in [5.74, 6) is 1.35. The van der Waals surface area contributed by atoms with E-state index in [-0.39, 0.29) is 5.91 Å². The van der Waals surface area contributed by atoms with E-state index in [0.29, 0.717) is 67.2 Å². The van der Waals surface area contributed by atoms with Crippen molar-refractivity contribution in [3.63, 3.8) is 0 Å². The fourth-order valence-electron chi connectivity index (χ4n) is 4.80. The number of hydrogen-bond acceptors (Lipinski definition) is 9. The van der Waals surface area contributed by atoms with Crippen LogP contribution in [0.5, 0.6) is 11.5 Å². The summed E-state index contributed by atoms with van der Waals surface area (Å²) in [5.41, 5.74) is 2.57. The van der Waals surface area contributed by atoms with Crippen LogP contribution in [0.3, 0.4) is 0 Å². The molecule has 2 aliphatic heterocycles. The van der Waals surface area contributed by atoms with Crippen LogP contribution in [0, 0.1) is 0 Å². The lowest BCUT2D eigenvalue weighted by Crippen LogP contribution is -2.35. The number of methoxy groups -OCH3 is 2. The molecule has 1 saturated heterocycles. The maximum absolute atomic E-state index is 13.5. The van der Waals surface area contributed by atoms with Crippen molar-refractivity contribution < 1.29 is 23.8 Å². The fraction of sp³-hybridized carbons (Fsp3) is 0.259. The van der Waals surface area contributed by atoms with Crippen molar-refractivity contribution in [3.05, 3.63) is 57.6 Å². The summed E-state index contributed by atoms with van der Waals surface area (Å²) in [6, 6.07) is 10.5. The van der Waals surface area contributed by atoms with E-state index in [1.54, 1.807) is 38.5 Å². The molecule has 13 heteroatoms. The van der Waals surface area contributed by atoms with Gasteiger partial charge in [-0.25, -0.2) is 19.7 Å². The fourth-order valence-corrected chi connectivity index (χ4v) is 6.32. The minimum atomic E-state index is -0.439. The van der Waals surface area contributed by atoms with Crippen molar-refractivity contribution >= 4 is 72.3 Å². The Balaban J connectivity index is 1.29. The van der Waals surface area contributed by atoms with Gasteiger partial charge in [0, 0.05) is 37.0 Å². The Labute approximate surface area is 242 Å². The first-order chi connectivity index (χ1) is 19.5. The molecule has 4 aromatic rings. The Morgan fingerprint density at radius 1 is 1.12 bits per heavy atom. The normalized spacial score (nSPS) is 15.2. The molecule has 6 rings (SSSR count). The molecule has 2 aliphatic rings. The molecule has 2 N–H and O–H groups in total. The van der Waals surface area contributed by atoms with E-state index in [9.17, 15) is 9.59 Å². The van der Waals surface area contributed by atoms with Crippen LogP contribution in [0.4, 0.5) is 27.7 Å². The lowest BCUT2D eigenvalue weighted by atomic mass is 10.1. The Kier molecular flexibility index (Phi) is 7.27. The molecule has 0 unspecified atom stereocenters. The minimum absolute atomic E-state index is 0.331. The molecule has 40 heavy (non-hydrogen) atoms. The Morgan fingerprint density at radius 2 is 1.93 bits per heavy atom. The number of carbonyl (C=O) groups is 2. The second-order valence-electron chi connectivity index (χ2n) is 9.14. The number of amides is 3. The number of rotatable bonds is 7. The van der Waals surface area contributed by atoms with Gasteiger partial charge in [-0.2, -0.15) is 0 Å². The lowest BCUT2D eigenvalue weighted by molar-refractivity contribution is 0.0339. The van der Waals surface area contributed by atoms with Crippen molar-refractivity contribution in [2.75, 3.05) is 56.1 Å². The van der Waals surface area contributed by atoms with Gasteiger partial charge in [0.1, 0.15) is 27.5 Å². The number of anilines is 4. The molecule has 0 aliphatic carbocycles. The molecule has 0 saturated carbocycles. The summed E-state index contributed by atoms with van der Waals surface area (Å²) in [6.45, 7) is 3.88. The third-order valence-corrected chi connectivity index (χ3v) is 8.47. The van der Waals surface area contributed by atoms with Gasteiger partial charge in [0.05, 0.1) is 48.7 Å². The van der Waals surface area contributed by atoms with Gasteiger partial charge in [0.25, 0.3) is 5.91 Å². The number of nitrogens with zero attached hydrogens (tertiary/aromatic N) is 4.